The number of carbonyl (C=O) groups is 2. The van der Waals surface area contributed by atoms with E-state index in [1.165, 1.54) is 23.5 Å². The minimum absolute atomic E-state index is 0.148. The second kappa shape index (κ2) is 9.80. The van der Waals surface area contributed by atoms with Crippen LogP contribution in [0.1, 0.15) is 19.3 Å². The SMILES string of the molecule is CN1C(C(=O)Nc2ccc(F)c(Cl)c2)CC(C(=O)NC2CCN(S(C)(=O)=O)CC2)NS1(=O)=O. The van der Waals surface area contributed by atoms with Crippen molar-refractivity contribution in [2.24, 2.45) is 0 Å². The summed E-state index contributed by atoms with van der Waals surface area (Å²) in [6, 6.07) is 0.800. The molecule has 3 N–H and O–H groups in total. The highest BCUT2D eigenvalue weighted by atomic mass is 35.5. The molecule has 2 saturated heterocycles. The van der Waals surface area contributed by atoms with Gasteiger partial charge in [0.2, 0.25) is 21.8 Å². The van der Waals surface area contributed by atoms with Crippen LogP contribution in [0.15, 0.2) is 18.2 Å². The highest BCUT2D eigenvalue weighted by Crippen LogP contribution is 2.23. The van der Waals surface area contributed by atoms with Gasteiger partial charge in [0.05, 0.1) is 11.3 Å². The number of carbonyl (C=O) groups excluding carboxylic acids is 2. The van der Waals surface area contributed by atoms with E-state index in [9.17, 15) is 30.8 Å². The Labute approximate surface area is 196 Å². The van der Waals surface area contributed by atoms with Crippen LogP contribution in [0.5, 0.6) is 0 Å². The standard InChI is InChI=1S/C18H25ClFN5O6S2/c1-24-16(18(27)22-12-3-4-14(20)13(19)9-12)10-15(23-33(24,30)31)17(26)21-11-5-7-25(8-6-11)32(2,28)29/h3-4,9,11,15-16,23H,5-8,10H2,1-2H3,(H,21,26)(H,22,27). The van der Waals surface area contributed by atoms with Gasteiger partial charge in [-0.05, 0) is 37.5 Å². The van der Waals surface area contributed by atoms with E-state index in [-0.39, 0.29) is 36.3 Å². The Morgan fingerprint density at radius 3 is 2.42 bits per heavy atom. The summed E-state index contributed by atoms with van der Waals surface area (Å²) in [5.41, 5.74) is 0.175. The Kier molecular flexibility index (Phi) is 7.65. The molecule has 15 heteroatoms. The molecule has 1 aromatic carbocycles. The van der Waals surface area contributed by atoms with Crippen LogP contribution in [-0.2, 0) is 29.8 Å². The maximum atomic E-state index is 13.3. The second-order valence-corrected chi connectivity index (χ2v) is 12.2. The molecule has 0 aliphatic carbocycles. The van der Waals surface area contributed by atoms with E-state index >= 15 is 0 Å². The Hall–Kier alpha value is -1.84. The lowest BCUT2D eigenvalue weighted by Gasteiger charge is -2.36. The summed E-state index contributed by atoms with van der Waals surface area (Å²) >= 11 is 5.72. The van der Waals surface area contributed by atoms with E-state index < -0.39 is 49.9 Å². The number of hydrogen-bond acceptors (Lipinski definition) is 6. The fourth-order valence-electron chi connectivity index (χ4n) is 3.72. The molecule has 3 rings (SSSR count). The average molecular weight is 526 g/mol. The molecule has 2 fully saturated rings. The van der Waals surface area contributed by atoms with Crippen LogP contribution in [0.25, 0.3) is 0 Å². The minimum Gasteiger partial charge on any atom is -0.352 e. The average Bonchev–Trinajstić information content (AvgIpc) is 2.72. The van der Waals surface area contributed by atoms with Crippen LogP contribution < -0.4 is 15.4 Å². The summed E-state index contributed by atoms with van der Waals surface area (Å²) in [5.74, 6) is -1.98. The molecular weight excluding hydrogens is 501 g/mol. The van der Waals surface area contributed by atoms with Gasteiger partial charge in [0.15, 0.2) is 0 Å². The molecule has 33 heavy (non-hydrogen) atoms. The number of amides is 2. The van der Waals surface area contributed by atoms with Crippen LogP contribution in [0.2, 0.25) is 5.02 Å². The summed E-state index contributed by atoms with van der Waals surface area (Å²) in [6.07, 6.45) is 1.73. The lowest BCUT2D eigenvalue weighted by Crippen LogP contribution is -2.63. The van der Waals surface area contributed by atoms with Crippen molar-refractivity contribution in [1.82, 2.24) is 18.6 Å². The molecule has 0 aromatic heterocycles. The summed E-state index contributed by atoms with van der Waals surface area (Å²) in [5, 5.41) is 5.02. The smallest absolute Gasteiger partial charge is 0.280 e. The van der Waals surface area contributed by atoms with E-state index in [1.54, 1.807) is 0 Å². The predicted molar refractivity (Wildman–Crippen MR) is 120 cm³/mol. The van der Waals surface area contributed by atoms with Gasteiger partial charge < -0.3 is 10.6 Å². The van der Waals surface area contributed by atoms with E-state index in [0.717, 1.165) is 16.6 Å². The number of rotatable bonds is 5. The topological polar surface area (TPSA) is 145 Å². The van der Waals surface area contributed by atoms with Crippen molar-refractivity contribution in [3.05, 3.63) is 29.0 Å². The normalized spacial score (nSPS) is 24.8. The maximum absolute atomic E-state index is 13.3. The molecule has 0 saturated carbocycles. The highest BCUT2D eigenvalue weighted by molar-refractivity contribution is 7.88. The summed E-state index contributed by atoms with van der Waals surface area (Å²) in [4.78, 5) is 25.5. The van der Waals surface area contributed by atoms with Crippen LogP contribution in [0.3, 0.4) is 0 Å². The van der Waals surface area contributed by atoms with Gasteiger partial charge in [0.1, 0.15) is 17.9 Å². The van der Waals surface area contributed by atoms with Gasteiger partial charge in [-0.15, -0.1) is 0 Å². The number of nitrogens with one attached hydrogen (secondary N) is 3. The van der Waals surface area contributed by atoms with Crippen LogP contribution in [-0.4, -0.2) is 81.8 Å². The lowest BCUT2D eigenvalue weighted by molar-refractivity contribution is -0.125. The quantitative estimate of drug-likeness (QED) is 0.488. The number of nitrogens with zero attached hydrogens (tertiary/aromatic N) is 2. The van der Waals surface area contributed by atoms with Gasteiger partial charge in [0.25, 0.3) is 10.2 Å². The summed E-state index contributed by atoms with van der Waals surface area (Å²) < 4.78 is 66.0. The van der Waals surface area contributed by atoms with Crippen LogP contribution >= 0.6 is 11.6 Å². The predicted octanol–water partition coefficient (Wildman–Crippen LogP) is -0.135. The van der Waals surface area contributed by atoms with Crippen molar-refractivity contribution in [1.29, 1.82) is 0 Å². The van der Waals surface area contributed by atoms with Crippen molar-refractivity contribution < 1.29 is 30.8 Å². The molecule has 184 valence electrons. The van der Waals surface area contributed by atoms with E-state index in [0.29, 0.717) is 12.8 Å². The van der Waals surface area contributed by atoms with Crippen molar-refractivity contribution in [2.75, 3.05) is 31.7 Å². The molecule has 0 spiro atoms. The van der Waals surface area contributed by atoms with E-state index in [2.05, 4.69) is 15.4 Å². The zero-order chi connectivity index (χ0) is 24.6. The van der Waals surface area contributed by atoms with E-state index in [1.807, 2.05) is 0 Å². The zero-order valence-electron chi connectivity index (χ0n) is 17.9. The third-order valence-electron chi connectivity index (χ3n) is 5.64. The molecule has 1 aromatic rings. The number of halogens is 2. The van der Waals surface area contributed by atoms with Gasteiger partial charge in [-0.1, -0.05) is 11.6 Å². The molecule has 11 nitrogen and oxygen atoms in total. The first-order valence-corrected chi connectivity index (χ1v) is 13.7. The lowest BCUT2D eigenvalue weighted by atomic mass is 10.0. The highest BCUT2D eigenvalue weighted by Gasteiger charge is 2.43. The van der Waals surface area contributed by atoms with Crippen molar-refractivity contribution in [3.8, 4) is 0 Å². The third kappa shape index (κ3) is 6.19. The Balaban J connectivity index is 1.66. The first-order chi connectivity index (χ1) is 15.3. The molecule has 0 radical (unpaired) electrons. The Morgan fingerprint density at radius 1 is 1.21 bits per heavy atom. The molecule has 2 atom stereocenters. The summed E-state index contributed by atoms with van der Waals surface area (Å²) in [7, 11) is -6.25. The Bertz CT molecular complexity index is 1140. The van der Waals surface area contributed by atoms with Gasteiger partial charge in [0, 0.05) is 31.9 Å². The first-order valence-electron chi connectivity index (χ1n) is 10.0. The minimum atomic E-state index is -4.14. The maximum Gasteiger partial charge on any atom is 0.280 e. The van der Waals surface area contributed by atoms with Crippen molar-refractivity contribution in [3.63, 3.8) is 0 Å². The number of piperidine rings is 1. The Morgan fingerprint density at radius 2 is 1.85 bits per heavy atom. The van der Waals surface area contributed by atoms with Crippen LogP contribution in [0.4, 0.5) is 10.1 Å². The molecule has 0 bridgehead atoms. The van der Waals surface area contributed by atoms with Crippen LogP contribution in [0, 0.1) is 5.82 Å². The number of sulfonamides is 1. The molecule has 2 aliphatic heterocycles. The number of benzene rings is 1. The molecule has 2 amide bonds. The summed E-state index contributed by atoms with van der Waals surface area (Å²) in [6.45, 7) is 0.488. The van der Waals surface area contributed by atoms with Crippen molar-refractivity contribution >= 4 is 49.3 Å². The number of anilines is 1. The molecule has 2 aliphatic rings. The second-order valence-electron chi connectivity index (χ2n) is 8.01. The number of likely N-dealkylation sites (N-methyl/N-ethyl adjacent to an activating group) is 1. The van der Waals surface area contributed by atoms with E-state index in [4.69, 9.17) is 11.6 Å². The molecule has 2 unspecified atom stereocenters. The van der Waals surface area contributed by atoms with Gasteiger partial charge >= 0.3 is 0 Å². The number of hydrogen-bond donors (Lipinski definition) is 3. The first kappa shape index (κ1) is 25.8. The van der Waals surface area contributed by atoms with Gasteiger partial charge in [-0.3, -0.25) is 9.59 Å². The monoisotopic (exact) mass is 525 g/mol. The zero-order valence-corrected chi connectivity index (χ0v) is 20.3. The van der Waals surface area contributed by atoms with Crippen molar-refractivity contribution in [2.45, 2.75) is 37.4 Å². The fraction of sp³-hybridized carbons (Fsp3) is 0.556. The van der Waals surface area contributed by atoms with Gasteiger partial charge in [-0.25, -0.2) is 17.1 Å². The fourth-order valence-corrected chi connectivity index (χ4v) is 6.02. The molecule has 2 heterocycles. The van der Waals surface area contributed by atoms with Gasteiger partial charge in [-0.2, -0.15) is 17.4 Å². The molecular formula is C18H25ClFN5O6S2. The largest absolute Gasteiger partial charge is 0.352 e. The third-order valence-corrected chi connectivity index (χ3v) is 8.83.